The third-order valence-electron chi connectivity index (χ3n) is 3.14. The Labute approximate surface area is 123 Å². The van der Waals surface area contributed by atoms with Crippen molar-refractivity contribution in [3.8, 4) is 0 Å². The van der Waals surface area contributed by atoms with Crippen LogP contribution in [-0.2, 0) is 4.79 Å². The van der Waals surface area contributed by atoms with Crippen LogP contribution in [0, 0.1) is 5.92 Å². The standard InChI is InChI=1S/C15H20N2O4/c1-3-11(8-14(19)20)9-16-15(21)17-13-6-4-12(5-7-13)10(2)18/h4-7,11H,3,8-9H2,1-2H3,(H,19,20)(H2,16,17,21). The second kappa shape index (κ2) is 8.04. The van der Waals surface area contributed by atoms with Crippen molar-refractivity contribution < 1.29 is 19.5 Å². The zero-order chi connectivity index (χ0) is 15.8. The van der Waals surface area contributed by atoms with Gasteiger partial charge in [0.2, 0.25) is 0 Å². The molecule has 1 atom stereocenters. The second-order valence-corrected chi connectivity index (χ2v) is 4.84. The number of hydrogen-bond donors (Lipinski definition) is 3. The number of Topliss-reactive ketones (excluding diaryl/α,β-unsaturated/α-hetero) is 1. The number of aliphatic carboxylic acids is 1. The molecule has 0 aliphatic heterocycles. The highest BCUT2D eigenvalue weighted by atomic mass is 16.4. The molecule has 3 N–H and O–H groups in total. The summed E-state index contributed by atoms with van der Waals surface area (Å²) in [5, 5.41) is 14.0. The summed E-state index contributed by atoms with van der Waals surface area (Å²) in [7, 11) is 0. The van der Waals surface area contributed by atoms with Gasteiger partial charge >= 0.3 is 12.0 Å². The summed E-state index contributed by atoms with van der Waals surface area (Å²) in [4.78, 5) is 33.5. The highest BCUT2D eigenvalue weighted by Gasteiger charge is 2.12. The van der Waals surface area contributed by atoms with Crippen LogP contribution in [0.15, 0.2) is 24.3 Å². The van der Waals surface area contributed by atoms with Gasteiger partial charge in [-0.05, 0) is 37.1 Å². The van der Waals surface area contributed by atoms with Crippen molar-refractivity contribution in [1.82, 2.24) is 5.32 Å². The molecule has 6 heteroatoms. The van der Waals surface area contributed by atoms with Crippen LogP contribution < -0.4 is 10.6 Å². The van der Waals surface area contributed by atoms with E-state index < -0.39 is 12.0 Å². The Balaban J connectivity index is 2.46. The Morgan fingerprint density at radius 3 is 2.29 bits per heavy atom. The zero-order valence-corrected chi connectivity index (χ0v) is 12.2. The van der Waals surface area contributed by atoms with Gasteiger partial charge in [-0.15, -0.1) is 0 Å². The molecule has 0 radical (unpaired) electrons. The molecular formula is C15H20N2O4. The van der Waals surface area contributed by atoms with Crippen molar-refractivity contribution in [2.75, 3.05) is 11.9 Å². The van der Waals surface area contributed by atoms with Crippen LogP contribution >= 0.6 is 0 Å². The zero-order valence-electron chi connectivity index (χ0n) is 12.2. The maximum Gasteiger partial charge on any atom is 0.319 e. The lowest BCUT2D eigenvalue weighted by Crippen LogP contribution is -2.33. The number of nitrogens with one attached hydrogen (secondary N) is 2. The van der Waals surface area contributed by atoms with E-state index in [9.17, 15) is 14.4 Å². The van der Waals surface area contributed by atoms with Gasteiger partial charge in [0.1, 0.15) is 0 Å². The van der Waals surface area contributed by atoms with E-state index in [0.717, 1.165) is 0 Å². The Morgan fingerprint density at radius 1 is 1.19 bits per heavy atom. The van der Waals surface area contributed by atoms with Crippen molar-refractivity contribution in [1.29, 1.82) is 0 Å². The van der Waals surface area contributed by atoms with Gasteiger partial charge in [-0.1, -0.05) is 13.3 Å². The summed E-state index contributed by atoms with van der Waals surface area (Å²) >= 11 is 0. The maximum absolute atomic E-state index is 11.7. The summed E-state index contributed by atoms with van der Waals surface area (Å²) in [5.41, 5.74) is 1.15. The molecule has 0 saturated heterocycles. The van der Waals surface area contributed by atoms with Crippen molar-refractivity contribution >= 4 is 23.5 Å². The van der Waals surface area contributed by atoms with E-state index in [4.69, 9.17) is 5.11 Å². The van der Waals surface area contributed by atoms with Crippen LogP contribution in [0.25, 0.3) is 0 Å². The van der Waals surface area contributed by atoms with E-state index in [-0.39, 0.29) is 18.1 Å². The lowest BCUT2D eigenvalue weighted by Gasteiger charge is -2.14. The van der Waals surface area contributed by atoms with Gasteiger partial charge in [0, 0.05) is 24.2 Å². The first-order valence-corrected chi connectivity index (χ1v) is 6.80. The normalized spacial score (nSPS) is 11.5. The summed E-state index contributed by atoms with van der Waals surface area (Å²) in [6, 6.07) is 6.17. The number of carboxylic acids is 1. The van der Waals surface area contributed by atoms with Crippen molar-refractivity contribution in [2.45, 2.75) is 26.7 Å². The van der Waals surface area contributed by atoms with Gasteiger partial charge in [-0.25, -0.2) is 4.79 Å². The van der Waals surface area contributed by atoms with Crippen LogP contribution in [0.1, 0.15) is 37.0 Å². The molecule has 0 fully saturated rings. The predicted octanol–water partition coefficient (Wildman–Crippen LogP) is 2.51. The first kappa shape index (κ1) is 16.7. The van der Waals surface area contributed by atoms with Crippen LogP contribution in [0.5, 0.6) is 0 Å². The Kier molecular flexibility index (Phi) is 6.39. The molecule has 0 heterocycles. The van der Waals surface area contributed by atoms with Gasteiger partial charge in [0.15, 0.2) is 5.78 Å². The van der Waals surface area contributed by atoms with E-state index in [0.29, 0.717) is 24.2 Å². The first-order chi connectivity index (χ1) is 9.92. The number of anilines is 1. The molecule has 2 amide bonds. The SMILES string of the molecule is CCC(CNC(=O)Nc1ccc(C(C)=O)cc1)CC(=O)O. The topological polar surface area (TPSA) is 95.5 Å². The molecular weight excluding hydrogens is 272 g/mol. The summed E-state index contributed by atoms with van der Waals surface area (Å²) < 4.78 is 0. The summed E-state index contributed by atoms with van der Waals surface area (Å²) in [6.45, 7) is 3.66. The fraction of sp³-hybridized carbons (Fsp3) is 0.400. The molecule has 1 aromatic carbocycles. The van der Waals surface area contributed by atoms with E-state index in [1.165, 1.54) is 6.92 Å². The number of rotatable bonds is 7. The molecule has 0 saturated carbocycles. The third kappa shape index (κ3) is 6.07. The molecule has 0 spiro atoms. The predicted molar refractivity (Wildman–Crippen MR) is 79.5 cm³/mol. The van der Waals surface area contributed by atoms with E-state index >= 15 is 0 Å². The summed E-state index contributed by atoms with van der Waals surface area (Å²) in [5.74, 6) is -0.998. The lowest BCUT2D eigenvalue weighted by atomic mass is 10.0. The fourth-order valence-electron chi connectivity index (χ4n) is 1.81. The minimum atomic E-state index is -0.871. The Hall–Kier alpha value is -2.37. The van der Waals surface area contributed by atoms with Crippen LogP contribution in [0.3, 0.4) is 0 Å². The number of urea groups is 1. The molecule has 0 aliphatic carbocycles. The molecule has 6 nitrogen and oxygen atoms in total. The number of hydrogen-bond acceptors (Lipinski definition) is 3. The molecule has 0 bridgehead atoms. The average Bonchev–Trinajstić information content (AvgIpc) is 2.43. The van der Waals surface area contributed by atoms with Crippen molar-refractivity contribution in [3.05, 3.63) is 29.8 Å². The van der Waals surface area contributed by atoms with E-state index in [1.54, 1.807) is 24.3 Å². The third-order valence-corrected chi connectivity index (χ3v) is 3.14. The highest BCUT2D eigenvalue weighted by Crippen LogP contribution is 2.10. The van der Waals surface area contributed by atoms with Gasteiger partial charge in [-0.3, -0.25) is 9.59 Å². The van der Waals surface area contributed by atoms with Crippen LogP contribution in [0.2, 0.25) is 0 Å². The largest absolute Gasteiger partial charge is 0.481 e. The molecule has 114 valence electrons. The lowest BCUT2D eigenvalue weighted by molar-refractivity contribution is -0.138. The average molecular weight is 292 g/mol. The van der Waals surface area contributed by atoms with E-state index in [2.05, 4.69) is 10.6 Å². The Bertz CT molecular complexity index is 511. The molecule has 1 aromatic rings. The number of amides is 2. The molecule has 1 unspecified atom stereocenters. The quantitative estimate of drug-likeness (QED) is 0.673. The number of carbonyl (C=O) groups is 3. The molecule has 0 aliphatic rings. The fourth-order valence-corrected chi connectivity index (χ4v) is 1.81. The number of benzene rings is 1. The number of carboxylic acid groups (broad SMARTS) is 1. The van der Waals surface area contributed by atoms with Gasteiger partial charge in [-0.2, -0.15) is 0 Å². The van der Waals surface area contributed by atoms with Crippen LogP contribution in [0.4, 0.5) is 10.5 Å². The van der Waals surface area contributed by atoms with Gasteiger partial charge < -0.3 is 15.7 Å². The molecule has 0 aromatic heterocycles. The summed E-state index contributed by atoms with van der Waals surface area (Å²) in [6.07, 6.45) is 0.712. The van der Waals surface area contributed by atoms with Gasteiger partial charge in [0.05, 0.1) is 0 Å². The number of ketones is 1. The van der Waals surface area contributed by atoms with Crippen molar-refractivity contribution in [3.63, 3.8) is 0 Å². The molecule has 1 rings (SSSR count). The molecule has 21 heavy (non-hydrogen) atoms. The first-order valence-electron chi connectivity index (χ1n) is 6.80. The maximum atomic E-state index is 11.7. The minimum Gasteiger partial charge on any atom is -0.481 e. The van der Waals surface area contributed by atoms with Gasteiger partial charge in [0.25, 0.3) is 0 Å². The Morgan fingerprint density at radius 2 is 1.81 bits per heavy atom. The highest BCUT2D eigenvalue weighted by molar-refractivity contribution is 5.95. The second-order valence-electron chi connectivity index (χ2n) is 4.84. The number of carbonyl (C=O) groups excluding carboxylic acids is 2. The van der Waals surface area contributed by atoms with Crippen LogP contribution in [-0.4, -0.2) is 29.4 Å². The smallest absolute Gasteiger partial charge is 0.319 e. The van der Waals surface area contributed by atoms with Crippen molar-refractivity contribution in [2.24, 2.45) is 5.92 Å². The monoisotopic (exact) mass is 292 g/mol. The van der Waals surface area contributed by atoms with E-state index in [1.807, 2.05) is 6.92 Å². The minimum absolute atomic E-state index is 0.0318.